The highest BCUT2D eigenvalue weighted by molar-refractivity contribution is 5.96. The van der Waals surface area contributed by atoms with Crippen molar-refractivity contribution in [2.24, 2.45) is 0 Å². The zero-order valence-corrected chi connectivity index (χ0v) is 18.8. The van der Waals surface area contributed by atoms with Gasteiger partial charge in [0.2, 0.25) is 5.75 Å². The zero-order valence-electron chi connectivity index (χ0n) is 17.9. The summed E-state index contributed by atoms with van der Waals surface area (Å²) in [4.78, 5) is 18.0. The highest BCUT2D eigenvalue weighted by Crippen LogP contribution is 2.39. The smallest absolute Gasteiger partial charge is 0.254 e. The summed E-state index contributed by atoms with van der Waals surface area (Å²) in [5, 5.41) is 0. The molecule has 6 nitrogen and oxygen atoms in total. The number of ether oxygens (including phenoxy) is 3. The maximum Gasteiger partial charge on any atom is 0.254 e. The number of amides is 1. The molecular formula is C22H35ClN2O4. The van der Waals surface area contributed by atoms with Crippen LogP contribution in [0.4, 0.5) is 0 Å². The summed E-state index contributed by atoms with van der Waals surface area (Å²) in [5.74, 6) is 1.61. The first-order chi connectivity index (χ1) is 13.7. The van der Waals surface area contributed by atoms with Gasteiger partial charge in [0.25, 0.3) is 5.91 Å². The molecule has 29 heavy (non-hydrogen) atoms. The van der Waals surface area contributed by atoms with E-state index in [2.05, 4.69) is 9.80 Å². The maximum absolute atomic E-state index is 13.4. The number of carbonyl (C=O) groups excluding carboxylic acids is 1. The lowest BCUT2D eigenvalue weighted by Crippen LogP contribution is -2.45. The van der Waals surface area contributed by atoms with Crippen LogP contribution in [0.25, 0.3) is 0 Å². The van der Waals surface area contributed by atoms with Crippen LogP contribution in [0.3, 0.4) is 0 Å². The molecule has 1 atom stereocenters. The summed E-state index contributed by atoms with van der Waals surface area (Å²) in [6.45, 7) is 4.31. The minimum atomic E-state index is 0. The van der Waals surface area contributed by atoms with E-state index in [1.165, 1.54) is 38.8 Å². The number of carbonyl (C=O) groups is 1. The Bertz CT molecular complexity index is 639. The minimum Gasteiger partial charge on any atom is -0.493 e. The standard InChI is InChI=1S/C22H34N2O4.ClH/c1-26-19-15-17(16-20(27-2)21(19)28-3)22(25)24-13-8-5-9-18(24)10-14-23-11-6-4-7-12-23;/h15-16,18H,4-14H2,1-3H3;1H. The molecule has 1 unspecified atom stereocenters. The summed E-state index contributed by atoms with van der Waals surface area (Å²) >= 11 is 0. The van der Waals surface area contributed by atoms with Crippen LogP contribution >= 0.6 is 12.4 Å². The Labute approximate surface area is 180 Å². The van der Waals surface area contributed by atoms with E-state index in [4.69, 9.17) is 14.2 Å². The molecule has 2 aliphatic rings. The van der Waals surface area contributed by atoms with Gasteiger partial charge in [-0.3, -0.25) is 4.79 Å². The summed E-state index contributed by atoms with van der Waals surface area (Å²) in [7, 11) is 4.73. The van der Waals surface area contributed by atoms with Crippen LogP contribution in [0.1, 0.15) is 55.3 Å². The first-order valence-electron chi connectivity index (χ1n) is 10.5. The van der Waals surface area contributed by atoms with E-state index in [1.54, 1.807) is 33.5 Å². The third-order valence-electron chi connectivity index (χ3n) is 6.03. The lowest BCUT2D eigenvalue weighted by atomic mass is 9.97. The molecule has 0 radical (unpaired) electrons. The van der Waals surface area contributed by atoms with E-state index in [1.807, 2.05) is 0 Å². The molecule has 1 aromatic rings. The fourth-order valence-corrected chi connectivity index (χ4v) is 4.45. The van der Waals surface area contributed by atoms with Crippen molar-refractivity contribution in [3.8, 4) is 17.2 Å². The highest BCUT2D eigenvalue weighted by atomic mass is 35.5. The fraction of sp³-hybridized carbons (Fsp3) is 0.682. The topological polar surface area (TPSA) is 51.2 Å². The quantitative estimate of drug-likeness (QED) is 0.659. The van der Waals surface area contributed by atoms with Crippen molar-refractivity contribution in [3.63, 3.8) is 0 Å². The molecule has 0 aliphatic carbocycles. The molecule has 1 amide bonds. The molecule has 164 valence electrons. The van der Waals surface area contributed by atoms with Crippen molar-refractivity contribution in [3.05, 3.63) is 17.7 Å². The molecule has 7 heteroatoms. The van der Waals surface area contributed by atoms with Gasteiger partial charge in [0.15, 0.2) is 11.5 Å². The molecule has 2 heterocycles. The number of piperidine rings is 2. The van der Waals surface area contributed by atoms with E-state index in [0.717, 1.165) is 32.4 Å². The maximum atomic E-state index is 13.4. The SMILES string of the molecule is COc1cc(C(=O)N2CCCCC2CCN2CCCCC2)cc(OC)c1OC.Cl. The predicted octanol–water partition coefficient (Wildman–Crippen LogP) is 4.00. The van der Waals surface area contributed by atoms with Crippen molar-refractivity contribution < 1.29 is 19.0 Å². The lowest BCUT2D eigenvalue weighted by Gasteiger charge is -2.37. The molecule has 1 aromatic carbocycles. The number of hydrogen-bond donors (Lipinski definition) is 0. The van der Waals surface area contributed by atoms with Crippen molar-refractivity contribution >= 4 is 18.3 Å². The van der Waals surface area contributed by atoms with E-state index >= 15 is 0 Å². The molecule has 0 bridgehead atoms. The van der Waals surface area contributed by atoms with Gasteiger partial charge in [-0.25, -0.2) is 0 Å². The Balaban J connectivity index is 0.00000300. The molecule has 0 aromatic heterocycles. The molecule has 2 fully saturated rings. The molecule has 0 saturated carbocycles. The van der Waals surface area contributed by atoms with Crippen molar-refractivity contribution in [2.45, 2.75) is 51.0 Å². The van der Waals surface area contributed by atoms with E-state index in [9.17, 15) is 4.79 Å². The average molecular weight is 427 g/mol. The zero-order chi connectivity index (χ0) is 19.9. The fourth-order valence-electron chi connectivity index (χ4n) is 4.45. The Morgan fingerprint density at radius 1 is 0.931 bits per heavy atom. The number of nitrogens with zero attached hydrogens (tertiary/aromatic N) is 2. The van der Waals surface area contributed by atoms with Crippen molar-refractivity contribution in [1.82, 2.24) is 9.80 Å². The monoisotopic (exact) mass is 426 g/mol. The highest BCUT2D eigenvalue weighted by Gasteiger charge is 2.29. The largest absolute Gasteiger partial charge is 0.493 e. The van der Waals surface area contributed by atoms with Gasteiger partial charge in [-0.15, -0.1) is 12.4 Å². The minimum absolute atomic E-state index is 0. The van der Waals surface area contributed by atoms with Crippen LogP contribution in [-0.2, 0) is 0 Å². The third-order valence-corrected chi connectivity index (χ3v) is 6.03. The second-order valence-corrected chi connectivity index (χ2v) is 7.75. The molecule has 0 N–H and O–H groups in total. The first kappa shape index (κ1) is 23.6. The number of rotatable bonds is 7. The van der Waals surface area contributed by atoms with Gasteiger partial charge in [0.1, 0.15) is 0 Å². The Hall–Kier alpha value is -1.66. The number of benzene rings is 1. The first-order valence-corrected chi connectivity index (χ1v) is 10.5. The summed E-state index contributed by atoms with van der Waals surface area (Å²) < 4.78 is 16.2. The van der Waals surface area contributed by atoms with Gasteiger partial charge in [0.05, 0.1) is 21.3 Å². The van der Waals surface area contributed by atoms with Gasteiger partial charge in [-0.05, 0) is 63.7 Å². The van der Waals surface area contributed by atoms with E-state index < -0.39 is 0 Å². The van der Waals surface area contributed by atoms with Crippen LogP contribution in [0.5, 0.6) is 17.2 Å². The normalized spacial score (nSPS) is 20.0. The van der Waals surface area contributed by atoms with E-state index in [-0.39, 0.29) is 18.3 Å². The molecule has 2 aliphatic heterocycles. The van der Waals surface area contributed by atoms with Gasteiger partial charge in [-0.1, -0.05) is 6.42 Å². The van der Waals surface area contributed by atoms with Crippen LogP contribution in [0.2, 0.25) is 0 Å². The van der Waals surface area contributed by atoms with Gasteiger partial charge in [0, 0.05) is 24.7 Å². The summed E-state index contributed by atoms with van der Waals surface area (Å²) in [5.41, 5.74) is 0.597. The number of halogens is 1. The van der Waals surface area contributed by atoms with Crippen LogP contribution in [0.15, 0.2) is 12.1 Å². The summed E-state index contributed by atoms with van der Waals surface area (Å²) in [6, 6.07) is 3.84. The van der Waals surface area contributed by atoms with Gasteiger partial charge in [-0.2, -0.15) is 0 Å². The average Bonchev–Trinajstić information content (AvgIpc) is 2.77. The van der Waals surface area contributed by atoms with E-state index in [0.29, 0.717) is 28.9 Å². The lowest BCUT2D eigenvalue weighted by molar-refractivity contribution is 0.0578. The van der Waals surface area contributed by atoms with Crippen molar-refractivity contribution in [1.29, 1.82) is 0 Å². The van der Waals surface area contributed by atoms with Crippen LogP contribution < -0.4 is 14.2 Å². The third kappa shape index (κ3) is 5.70. The number of hydrogen-bond acceptors (Lipinski definition) is 5. The molecule has 0 spiro atoms. The Morgan fingerprint density at radius 2 is 1.55 bits per heavy atom. The predicted molar refractivity (Wildman–Crippen MR) is 117 cm³/mol. The number of methoxy groups -OCH3 is 3. The molecule has 3 rings (SSSR count). The second kappa shape index (κ2) is 11.5. The van der Waals surface area contributed by atoms with Crippen LogP contribution in [-0.4, -0.2) is 69.3 Å². The molecule has 2 saturated heterocycles. The summed E-state index contributed by atoms with van der Waals surface area (Å²) in [6.07, 6.45) is 8.36. The molecular weight excluding hydrogens is 392 g/mol. The van der Waals surface area contributed by atoms with Crippen molar-refractivity contribution in [2.75, 3.05) is 47.5 Å². The van der Waals surface area contributed by atoms with Gasteiger partial charge >= 0.3 is 0 Å². The van der Waals surface area contributed by atoms with Crippen LogP contribution in [0, 0.1) is 0 Å². The second-order valence-electron chi connectivity index (χ2n) is 7.75. The van der Waals surface area contributed by atoms with Gasteiger partial charge < -0.3 is 24.0 Å². The number of likely N-dealkylation sites (tertiary alicyclic amines) is 2. The Kier molecular flexibility index (Phi) is 9.37. The Morgan fingerprint density at radius 3 is 2.14 bits per heavy atom.